The molecule has 3 heterocycles. The van der Waals surface area contributed by atoms with Gasteiger partial charge in [0.05, 0.1) is 40.5 Å². The van der Waals surface area contributed by atoms with Gasteiger partial charge in [-0.05, 0) is 62.1 Å². The van der Waals surface area contributed by atoms with Crippen LogP contribution in [0.25, 0.3) is 10.2 Å². The van der Waals surface area contributed by atoms with Crippen LogP contribution in [0.2, 0.25) is 5.02 Å². The number of anilines is 1. The molecule has 0 atom stereocenters. The second kappa shape index (κ2) is 12.7. The molecule has 0 N–H and O–H groups in total. The molecule has 0 aliphatic carbocycles. The van der Waals surface area contributed by atoms with Crippen LogP contribution >= 0.6 is 22.9 Å². The van der Waals surface area contributed by atoms with Crippen molar-refractivity contribution in [3.8, 4) is 5.75 Å². The Morgan fingerprint density at radius 3 is 2.48 bits per heavy atom. The number of nitrogens with zero attached hydrogens (tertiary/aromatic N) is 4. The molecule has 0 unspecified atom stereocenters. The van der Waals surface area contributed by atoms with Crippen molar-refractivity contribution in [3.05, 3.63) is 47.0 Å². The van der Waals surface area contributed by atoms with Crippen molar-refractivity contribution in [1.29, 1.82) is 0 Å². The maximum atomic E-state index is 14.0. The minimum absolute atomic E-state index is 0.00342. The summed E-state index contributed by atoms with van der Waals surface area (Å²) >= 11 is 7.93. The van der Waals surface area contributed by atoms with E-state index in [2.05, 4.69) is 4.90 Å². The molecule has 5 rings (SSSR count). The number of thiazole rings is 1. The Kier molecular flexibility index (Phi) is 9.28. The van der Waals surface area contributed by atoms with E-state index in [1.54, 1.807) is 36.3 Å². The molecule has 2 aromatic carbocycles. The lowest BCUT2D eigenvalue weighted by Crippen LogP contribution is -2.45. The molecule has 1 aromatic heterocycles. The maximum Gasteiger partial charge on any atom is 0.243 e. The summed E-state index contributed by atoms with van der Waals surface area (Å²) in [6.45, 7) is 7.23. The van der Waals surface area contributed by atoms with E-state index in [1.165, 1.54) is 15.6 Å². The van der Waals surface area contributed by atoms with Crippen molar-refractivity contribution in [2.45, 2.75) is 31.1 Å². The number of morpholine rings is 1. The van der Waals surface area contributed by atoms with Gasteiger partial charge in [0, 0.05) is 45.2 Å². The first-order chi connectivity index (χ1) is 19.3. The molecular formula is C28H35ClN4O5S2. The number of carbonyl (C=O) groups excluding carboxylic acids is 1. The number of amides is 1. The number of aromatic nitrogens is 1. The zero-order valence-corrected chi connectivity index (χ0v) is 25.2. The van der Waals surface area contributed by atoms with Gasteiger partial charge in [0.25, 0.3) is 0 Å². The highest BCUT2D eigenvalue weighted by Gasteiger charge is 2.35. The quantitative estimate of drug-likeness (QED) is 0.356. The Morgan fingerprint density at radius 1 is 1.12 bits per heavy atom. The van der Waals surface area contributed by atoms with E-state index in [-0.39, 0.29) is 29.8 Å². The highest BCUT2D eigenvalue weighted by molar-refractivity contribution is 7.89. The van der Waals surface area contributed by atoms with E-state index in [4.69, 9.17) is 26.1 Å². The molecule has 40 heavy (non-hydrogen) atoms. The van der Waals surface area contributed by atoms with Crippen LogP contribution in [0.5, 0.6) is 5.75 Å². The van der Waals surface area contributed by atoms with E-state index in [9.17, 15) is 13.2 Å². The Hall–Kier alpha value is -2.28. The first-order valence-electron chi connectivity index (χ1n) is 13.6. The molecule has 3 aromatic rings. The molecule has 2 aliphatic rings. The highest BCUT2D eigenvalue weighted by atomic mass is 35.5. The first kappa shape index (κ1) is 29.2. The monoisotopic (exact) mass is 606 g/mol. The van der Waals surface area contributed by atoms with Gasteiger partial charge in [-0.3, -0.25) is 14.6 Å². The molecule has 2 saturated heterocycles. The van der Waals surface area contributed by atoms with E-state index in [1.807, 2.05) is 19.1 Å². The number of piperidine rings is 1. The maximum absolute atomic E-state index is 14.0. The summed E-state index contributed by atoms with van der Waals surface area (Å²) in [6.07, 6.45) is 1.72. The van der Waals surface area contributed by atoms with Gasteiger partial charge in [-0.2, -0.15) is 4.31 Å². The van der Waals surface area contributed by atoms with Gasteiger partial charge >= 0.3 is 0 Å². The van der Waals surface area contributed by atoms with Gasteiger partial charge in [-0.1, -0.05) is 29.0 Å². The summed E-state index contributed by atoms with van der Waals surface area (Å²) in [5, 5.41) is 1.27. The number of ether oxygens (including phenoxy) is 2. The largest absolute Gasteiger partial charge is 0.497 e. The number of hydrogen-bond acceptors (Lipinski definition) is 8. The van der Waals surface area contributed by atoms with Crippen LogP contribution in [0, 0.1) is 12.8 Å². The standard InChI is InChI=1S/C28H35ClN4O5S2/c1-20-4-9-24(29)26-25(20)30-28(39-26)33(13-3-12-31-16-18-38-19-17-31)27(34)21-10-14-32(15-11-21)40(35,36)23-7-5-22(37-2)6-8-23/h4-9,21H,3,10-19H2,1-2H3. The fourth-order valence-electron chi connectivity index (χ4n) is 5.24. The van der Waals surface area contributed by atoms with E-state index < -0.39 is 10.0 Å². The topological polar surface area (TPSA) is 92.3 Å². The molecule has 9 nitrogen and oxygen atoms in total. The predicted octanol–water partition coefficient (Wildman–Crippen LogP) is 4.42. The number of hydrogen-bond donors (Lipinski definition) is 0. The van der Waals surface area contributed by atoms with Crippen molar-refractivity contribution >= 4 is 54.2 Å². The van der Waals surface area contributed by atoms with Gasteiger partial charge in [-0.25, -0.2) is 13.4 Å². The summed E-state index contributed by atoms with van der Waals surface area (Å²) in [6, 6.07) is 10.2. The number of methoxy groups -OCH3 is 1. The molecule has 2 fully saturated rings. The van der Waals surface area contributed by atoms with Crippen LogP contribution in [0.15, 0.2) is 41.3 Å². The number of fused-ring (bicyclic) bond motifs is 1. The minimum atomic E-state index is -3.65. The Balaban J connectivity index is 1.31. The molecule has 0 saturated carbocycles. The fourth-order valence-corrected chi connectivity index (χ4v) is 8.06. The molecule has 2 aliphatic heterocycles. The van der Waals surface area contributed by atoms with Crippen LogP contribution in [0.3, 0.4) is 0 Å². The molecule has 0 bridgehead atoms. The van der Waals surface area contributed by atoms with Gasteiger partial charge < -0.3 is 9.47 Å². The molecular weight excluding hydrogens is 572 g/mol. The fraction of sp³-hybridized carbons (Fsp3) is 0.500. The smallest absolute Gasteiger partial charge is 0.243 e. The highest BCUT2D eigenvalue weighted by Crippen LogP contribution is 2.37. The van der Waals surface area contributed by atoms with Crippen LogP contribution in [0.4, 0.5) is 5.13 Å². The van der Waals surface area contributed by atoms with Crippen LogP contribution in [0.1, 0.15) is 24.8 Å². The lowest BCUT2D eigenvalue weighted by Gasteiger charge is -2.33. The van der Waals surface area contributed by atoms with Crippen molar-refractivity contribution in [1.82, 2.24) is 14.2 Å². The zero-order valence-electron chi connectivity index (χ0n) is 22.8. The number of benzene rings is 2. The van der Waals surface area contributed by atoms with Gasteiger partial charge in [0.1, 0.15) is 5.75 Å². The third kappa shape index (κ3) is 6.29. The van der Waals surface area contributed by atoms with Crippen molar-refractivity contribution in [3.63, 3.8) is 0 Å². The summed E-state index contributed by atoms with van der Waals surface area (Å²) in [5.74, 6) is 0.314. The number of sulfonamides is 1. The van der Waals surface area contributed by atoms with Crippen LogP contribution in [-0.2, 0) is 19.6 Å². The number of aryl methyl sites for hydroxylation is 1. The van der Waals surface area contributed by atoms with Crippen LogP contribution < -0.4 is 9.64 Å². The molecule has 12 heteroatoms. The molecule has 0 radical (unpaired) electrons. The van der Waals surface area contributed by atoms with Gasteiger partial charge in [-0.15, -0.1) is 0 Å². The minimum Gasteiger partial charge on any atom is -0.497 e. The zero-order chi connectivity index (χ0) is 28.3. The van der Waals surface area contributed by atoms with E-state index >= 15 is 0 Å². The Labute approximate surface area is 244 Å². The van der Waals surface area contributed by atoms with E-state index in [0.717, 1.165) is 55.0 Å². The summed E-state index contributed by atoms with van der Waals surface area (Å²) < 4.78 is 39.4. The van der Waals surface area contributed by atoms with Crippen molar-refractivity contribution < 1.29 is 22.7 Å². The second-order valence-corrected chi connectivity index (χ2v) is 13.5. The van der Waals surface area contributed by atoms with Crippen molar-refractivity contribution in [2.75, 3.05) is 64.5 Å². The lowest BCUT2D eigenvalue weighted by atomic mass is 9.96. The summed E-state index contributed by atoms with van der Waals surface area (Å²) in [5.41, 5.74) is 1.83. The Morgan fingerprint density at radius 2 is 1.82 bits per heavy atom. The number of rotatable bonds is 9. The summed E-state index contributed by atoms with van der Waals surface area (Å²) in [7, 11) is -2.11. The summed E-state index contributed by atoms with van der Waals surface area (Å²) in [4.78, 5) is 23.2. The predicted molar refractivity (Wildman–Crippen MR) is 158 cm³/mol. The molecule has 216 valence electrons. The average molecular weight is 607 g/mol. The third-order valence-corrected chi connectivity index (χ3v) is 11.1. The van der Waals surface area contributed by atoms with Gasteiger partial charge in [0.2, 0.25) is 15.9 Å². The first-order valence-corrected chi connectivity index (χ1v) is 16.2. The Bertz CT molecular complexity index is 1390. The van der Waals surface area contributed by atoms with Crippen LogP contribution in [-0.4, -0.2) is 88.1 Å². The van der Waals surface area contributed by atoms with Crippen molar-refractivity contribution in [2.24, 2.45) is 5.92 Å². The molecule has 0 spiro atoms. The lowest BCUT2D eigenvalue weighted by molar-refractivity contribution is -0.123. The number of carbonyl (C=O) groups is 1. The van der Waals surface area contributed by atoms with Gasteiger partial charge in [0.15, 0.2) is 5.13 Å². The average Bonchev–Trinajstić information content (AvgIpc) is 3.44. The normalized spacial score (nSPS) is 17.8. The second-order valence-electron chi connectivity index (χ2n) is 10.2. The van der Waals surface area contributed by atoms with E-state index in [0.29, 0.717) is 35.3 Å². The number of halogens is 1. The third-order valence-electron chi connectivity index (χ3n) is 7.64. The molecule has 1 amide bonds. The SMILES string of the molecule is COc1ccc(S(=O)(=O)N2CCC(C(=O)N(CCCN3CCOCC3)c3nc4c(C)ccc(Cl)c4s3)CC2)cc1.